The van der Waals surface area contributed by atoms with Crippen LogP contribution in [-0.2, 0) is 6.54 Å². The maximum absolute atomic E-state index is 13.9. The van der Waals surface area contributed by atoms with E-state index in [1.807, 2.05) is 12.5 Å². The molecule has 25 heavy (non-hydrogen) atoms. The molecule has 2 heterocycles. The van der Waals surface area contributed by atoms with E-state index in [9.17, 15) is 9.18 Å². The van der Waals surface area contributed by atoms with Gasteiger partial charge in [0, 0.05) is 35.4 Å². The third kappa shape index (κ3) is 3.49. The lowest BCUT2D eigenvalue weighted by Crippen LogP contribution is -2.45. The number of rotatable bonds is 5. The molecule has 4 nitrogen and oxygen atoms in total. The average Bonchev–Trinajstić information content (AvgIpc) is 3.25. The van der Waals surface area contributed by atoms with Crippen molar-refractivity contribution >= 4 is 17.2 Å². The summed E-state index contributed by atoms with van der Waals surface area (Å²) in [5.41, 5.74) is 0.538. The highest BCUT2D eigenvalue weighted by Crippen LogP contribution is 2.32. The van der Waals surface area contributed by atoms with Crippen molar-refractivity contribution in [3.63, 3.8) is 0 Å². The number of amides is 1. The van der Waals surface area contributed by atoms with Crippen molar-refractivity contribution in [3.8, 4) is 10.4 Å². The summed E-state index contributed by atoms with van der Waals surface area (Å²) in [5, 5.41) is 3.07. The van der Waals surface area contributed by atoms with Crippen molar-refractivity contribution in [2.45, 2.75) is 25.4 Å². The van der Waals surface area contributed by atoms with E-state index in [0.717, 1.165) is 24.3 Å². The lowest BCUT2D eigenvalue weighted by molar-refractivity contribution is 0.0885. The summed E-state index contributed by atoms with van der Waals surface area (Å²) in [4.78, 5) is 17.8. The summed E-state index contributed by atoms with van der Waals surface area (Å²) in [6, 6.07) is 10.4. The molecule has 0 bridgehead atoms. The predicted molar refractivity (Wildman–Crippen MR) is 95.9 cm³/mol. The molecule has 0 saturated heterocycles. The van der Waals surface area contributed by atoms with E-state index < -0.39 is 0 Å². The van der Waals surface area contributed by atoms with Gasteiger partial charge in [0.15, 0.2) is 0 Å². The van der Waals surface area contributed by atoms with Gasteiger partial charge >= 0.3 is 0 Å². The molecule has 1 N–H and O–H groups in total. The summed E-state index contributed by atoms with van der Waals surface area (Å²) in [7, 11) is 0. The van der Waals surface area contributed by atoms with Crippen molar-refractivity contribution < 1.29 is 9.18 Å². The number of carbonyl (C=O) groups excluding carboxylic acids is 1. The standard InChI is InChI=1S/C19H18FN3OS/c20-16-4-2-1-3-15(16)17-5-6-18(25-17)19(24)22-14-9-13(10-14)11-23-8-7-21-12-23/h1-8,12-14H,9-11H2,(H,22,24). The number of aromatic nitrogens is 2. The van der Waals surface area contributed by atoms with E-state index >= 15 is 0 Å². The van der Waals surface area contributed by atoms with Gasteiger partial charge in [-0.25, -0.2) is 9.37 Å². The van der Waals surface area contributed by atoms with Crippen molar-refractivity contribution in [1.29, 1.82) is 0 Å². The van der Waals surface area contributed by atoms with Gasteiger partial charge in [-0.3, -0.25) is 4.79 Å². The fourth-order valence-corrected chi connectivity index (χ4v) is 4.15. The zero-order valence-corrected chi connectivity index (χ0v) is 14.4. The van der Waals surface area contributed by atoms with Crippen LogP contribution < -0.4 is 5.32 Å². The Morgan fingerprint density at radius 3 is 2.88 bits per heavy atom. The Kier molecular flexibility index (Phi) is 4.36. The van der Waals surface area contributed by atoms with Crippen LogP contribution in [0.15, 0.2) is 55.1 Å². The monoisotopic (exact) mass is 355 g/mol. The van der Waals surface area contributed by atoms with Crippen LogP contribution >= 0.6 is 11.3 Å². The molecule has 1 amide bonds. The third-order valence-corrected chi connectivity index (χ3v) is 5.69. The van der Waals surface area contributed by atoms with Gasteiger partial charge in [0.2, 0.25) is 0 Å². The molecule has 0 radical (unpaired) electrons. The van der Waals surface area contributed by atoms with Crippen LogP contribution in [0.1, 0.15) is 22.5 Å². The minimum absolute atomic E-state index is 0.0707. The Balaban J connectivity index is 1.33. The van der Waals surface area contributed by atoms with Crippen LogP contribution in [0.4, 0.5) is 4.39 Å². The van der Waals surface area contributed by atoms with Crippen LogP contribution in [0.3, 0.4) is 0 Å². The zero-order chi connectivity index (χ0) is 17.2. The highest BCUT2D eigenvalue weighted by molar-refractivity contribution is 7.17. The number of imidazole rings is 1. The minimum atomic E-state index is -0.266. The largest absolute Gasteiger partial charge is 0.349 e. The number of nitrogens with one attached hydrogen (secondary N) is 1. The number of halogens is 1. The lowest BCUT2D eigenvalue weighted by atomic mass is 9.80. The summed E-state index contributed by atoms with van der Waals surface area (Å²) in [6.45, 7) is 0.947. The fourth-order valence-electron chi connectivity index (χ4n) is 3.22. The van der Waals surface area contributed by atoms with Crippen LogP contribution in [-0.4, -0.2) is 21.5 Å². The molecule has 1 aromatic carbocycles. The molecule has 0 unspecified atom stereocenters. The van der Waals surface area contributed by atoms with Gasteiger partial charge in [0.25, 0.3) is 5.91 Å². The van der Waals surface area contributed by atoms with Gasteiger partial charge in [0.1, 0.15) is 5.82 Å². The highest BCUT2D eigenvalue weighted by Gasteiger charge is 2.30. The Labute approximate surface area is 149 Å². The summed E-state index contributed by atoms with van der Waals surface area (Å²) in [5.74, 6) is 0.244. The highest BCUT2D eigenvalue weighted by atomic mass is 32.1. The molecule has 3 aromatic rings. The molecular formula is C19H18FN3OS. The van der Waals surface area contributed by atoms with Crippen LogP contribution in [0.25, 0.3) is 10.4 Å². The quantitative estimate of drug-likeness (QED) is 0.753. The first kappa shape index (κ1) is 16.0. The first-order chi connectivity index (χ1) is 12.2. The molecule has 1 fully saturated rings. The second kappa shape index (κ2) is 6.80. The number of thiophene rings is 1. The number of nitrogens with zero attached hydrogens (tertiary/aromatic N) is 2. The minimum Gasteiger partial charge on any atom is -0.349 e. The Morgan fingerprint density at radius 2 is 2.12 bits per heavy atom. The number of hydrogen-bond acceptors (Lipinski definition) is 3. The molecule has 6 heteroatoms. The first-order valence-electron chi connectivity index (χ1n) is 8.30. The summed E-state index contributed by atoms with van der Waals surface area (Å²) in [6.07, 6.45) is 7.52. The molecule has 1 aliphatic rings. The van der Waals surface area contributed by atoms with E-state index in [4.69, 9.17) is 0 Å². The second-order valence-electron chi connectivity index (χ2n) is 6.41. The van der Waals surface area contributed by atoms with E-state index in [0.29, 0.717) is 16.4 Å². The van der Waals surface area contributed by atoms with Gasteiger partial charge in [-0.2, -0.15) is 0 Å². The van der Waals surface area contributed by atoms with Crippen LogP contribution in [0, 0.1) is 11.7 Å². The average molecular weight is 355 g/mol. The molecular weight excluding hydrogens is 337 g/mol. The maximum Gasteiger partial charge on any atom is 0.261 e. The van der Waals surface area contributed by atoms with Crippen molar-refractivity contribution in [1.82, 2.24) is 14.9 Å². The first-order valence-corrected chi connectivity index (χ1v) is 9.12. The number of benzene rings is 1. The number of hydrogen-bond donors (Lipinski definition) is 1. The van der Waals surface area contributed by atoms with Crippen LogP contribution in [0.2, 0.25) is 0 Å². The van der Waals surface area contributed by atoms with Crippen LogP contribution in [0.5, 0.6) is 0 Å². The zero-order valence-electron chi connectivity index (χ0n) is 13.6. The SMILES string of the molecule is O=C(NC1CC(Cn2ccnc2)C1)c1ccc(-c2ccccc2F)s1. The second-order valence-corrected chi connectivity index (χ2v) is 7.49. The molecule has 128 valence electrons. The molecule has 4 rings (SSSR count). The van der Waals surface area contributed by atoms with Crippen molar-refractivity contribution in [3.05, 3.63) is 65.8 Å². The van der Waals surface area contributed by atoms with E-state index in [1.54, 1.807) is 36.5 Å². The Bertz CT molecular complexity index is 868. The molecule has 0 atom stereocenters. The molecule has 0 aliphatic heterocycles. The van der Waals surface area contributed by atoms with Gasteiger partial charge in [-0.1, -0.05) is 18.2 Å². The van der Waals surface area contributed by atoms with Gasteiger partial charge in [-0.05, 0) is 37.0 Å². The van der Waals surface area contributed by atoms with Crippen molar-refractivity contribution in [2.75, 3.05) is 0 Å². The van der Waals surface area contributed by atoms with E-state index in [1.165, 1.54) is 17.4 Å². The Morgan fingerprint density at radius 1 is 1.28 bits per heavy atom. The normalized spacial score (nSPS) is 19.4. The van der Waals surface area contributed by atoms with E-state index in [-0.39, 0.29) is 17.8 Å². The third-order valence-electron chi connectivity index (χ3n) is 4.57. The van der Waals surface area contributed by atoms with Gasteiger partial charge < -0.3 is 9.88 Å². The summed E-state index contributed by atoms with van der Waals surface area (Å²) < 4.78 is 15.9. The Hall–Kier alpha value is -2.47. The van der Waals surface area contributed by atoms with Crippen molar-refractivity contribution in [2.24, 2.45) is 5.92 Å². The maximum atomic E-state index is 13.9. The van der Waals surface area contributed by atoms with E-state index in [2.05, 4.69) is 14.9 Å². The molecule has 1 aliphatic carbocycles. The smallest absolute Gasteiger partial charge is 0.261 e. The topological polar surface area (TPSA) is 46.9 Å². The summed E-state index contributed by atoms with van der Waals surface area (Å²) >= 11 is 1.32. The van der Waals surface area contributed by atoms with Gasteiger partial charge in [-0.15, -0.1) is 11.3 Å². The number of carbonyl (C=O) groups is 1. The molecule has 1 saturated carbocycles. The molecule has 0 spiro atoms. The predicted octanol–water partition coefficient (Wildman–Crippen LogP) is 3.96. The lowest BCUT2D eigenvalue weighted by Gasteiger charge is -2.35. The fraction of sp³-hybridized carbons (Fsp3) is 0.263. The molecule has 2 aromatic heterocycles. The van der Waals surface area contributed by atoms with Gasteiger partial charge in [0.05, 0.1) is 11.2 Å².